The summed E-state index contributed by atoms with van der Waals surface area (Å²) in [6.07, 6.45) is 0.925. The highest BCUT2D eigenvalue weighted by atomic mass is 19.1. The first-order chi connectivity index (χ1) is 8.75. The smallest absolute Gasteiger partial charge is 0.126 e. The van der Waals surface area contributed by atoms with E-state index < -0.39 is 0 Å². The Labute approximate surface area is 108 Å². The highest BCUT2D eigenvalue weighted by Gasteiger charge is 2.11. The predicted octanol–water partition coefficient (Wildman–Crippen LogP) is 1.25. The van der Waals surface area contributed by atoms with Crippen molar-refractivity contribution >= 4 is 0 Å². The lowest BCUT2D eigenvalue weighted by molar-refractivity contribution is 0.0768. The van der Waals surface area contributed by atoms with Gasteiger partial charge in [-0.2, -0.15) is 0 Å². The Balaban J connectivity index is 1.66. The molecule has 0 saturated carbocycles. The molecule has 2 N–H and O–H groups in total. The third-order valence-corrected chi connectivity index (χ3v) is 3.20. The zero-order valence-corrected chi connectivity index (χ0v) is 10.8. The minimum atomic E-state index is -0.129. The molecule has 100 valence electrons. The molecule has 1 aromatic rings. The number of benzene rings is 1. The molecule has 1 heterocycles. The van der Waals surface area contributed by atoms with Crippen LogP contribution in [0.2, 0.25) is 0 Å². The summed E-state index contributed by atoms with van der Waals surface area (Å²) in [5.41, 5.74) is 1.89. The van der Waals surface area contributed by atoms with Gasteiger partial charge >= 0.3 is 0 Å². The lowest BCUT2D eigenvalue weighted by Crippen LogP contribution is -2.47. The van der Waals surface area contributed by atoms with Gasteiger partial charge in [-0.25, -0.2) is 4.39 Å². The van der Waals surface area contributed by atoms with Gasteiger partial charge in [0, 0.05) is 19.1 Å². The van der Waals surface area contributed by atoms with Crippen LogP contribution in [0.5, 0.6) is 0 Å². The van der Waals surface area contributed by atoms with Gasteiger partial charge in [0.1, 0.15) is 5.82 Å². The lowest BCUT2D eigenvalue weighted by Gasteiger charge is -2.24. The Bertz CT molecular complexity index is 378. The molecule has 2 rings (SSSR count). The third kappa shape index (κ3) is 4.05. The quantitative estimate of drug-likeness (QED) is 0.774. The van der Waals surface area contributed by atoms with Gasteiger partial charge < -0.3 is 15.4 Å². The number of hydrogen-bond donors (Lipinski definition) is 2. The molecule has 1 aliphatic heterocycles. The third-order valence-electron chi connectivity index (χ3n) is 3.20. The minimum absolute atomic E-state index is 0.129. The highest BCUT2D eigenvalue weighted by molar-refractivity contribution is 5.24. The predicted molar refractivity (Wildman–Crippen MR) is 70.3 cm³/mol. The van der Waals surface area contributed by atoms with Crippen LogP contribution in [0.1, 0.15) is 11.1 Å². The Morgan fingerprint density at radius 2 is 2.39 bits per heavy atom. The van der Waals surface area contributed by atoms with Crippen molar-refractivity contribution in [1.29, 1.82) is 0 Å². The Hall–Kier alpha value is -0.970. The monoisotopic (exact) mass is 252 g/mol. The molecule has 18 heavy (non-hydrogen) atoms. The topological polar surface area (TPSA) is 33.3 Å². The van der Waals surface area contributed by atoms with Gasteiger partial charge in [0.2, 0.25) is 0 Å². The lowest BCUT2D eigenvalue weighted by atomic mass is 10.1. The largest absolute Gasteiger partial charge is 0.378 e. The van der Waals surface area contributed by atoms with Crippen molar-refractivity contribution in [3.63, 3.8) is 0 Å². The van der Waals surface area contributed by atoms with Crippen LogP contribution in [-0.4, -0.2) is 38.9 Å². The first-order valence-corrected chi connectivity index (χ1v) is 6.52. The number of halogens is 1. The maximum atomic E-state index is 13.1. The van der Waals surface area contributed by atoms with Crippen LogP contribution in [0.4, 0.5) is 4.39 Å². The second kappa shape index (κ2) is 6.83. The summed E-state index contributed by atoms with van der Waals surface area (Å²) in [7, 11) is 0. The number of nitrogens with one attached hydrogen (secondary N) is 2. The zero-order chi connectivity index (χ0) is 12.8. The second-order valence-corrected chi connectivity index (χ2v) is 4.76. The number of ether oxygens (including phenoxy) is 1. The summed E-state index contributed by atoms with van der Waals surface area (Å²) in [6.45, 7) is 6.15. The van der Waals surface area contributed by atoms with Crippen LogP contribution in [0.25, 0.3) is 0 Å². The Morgan fingerprint density at radius 3 is 3.11 bits per heavy atom. The van der Waals surface area contributed by atoms with Crippen molar-refractivity contribution in [1.82, 2.24) is 10.6 Å². The SMILES string of the molecule is Cc1cc(CCNCC2COCCN2)ccc1F. The van der Waals surface area contributed by atoms with Crippen LogP contribution in [-0.2, 0) is 11.2 Å². The first kappa shape index (κ1) is 13.5. The van der Waals surface area contributed by atoms with Crippen molar-refractivity contribution in [2.24, 2.45) is 0 Å². The summed E-state index contributed by atoms with van der Waals surface area (Å²) in [4.78, 5) is 0. The van der Waals surface area contributed by atoms with E-state index in [0.29, 0.717) is 6.04 Å². The standard InChI is InChI=1S/C14H21FN2O/c1-11-8-12(2-3-14(11)15)4-5-16-9-13-10-18-7-6-17-13/h2-3,8,13,16-17H,4-7,9-10H2,1H3. The van der Waals surface area contributed by atoms with Crippen molar-refractivity contribution in [2.75, 3.05) is 32.8 Å². The van der Waals surface area contributed by atoms with E-state index in [0.717, 1.165) is 44.8 Å². The molecule has 0 aromatic heterocycles. The van der Waals surface area contributed by atoms with Gasteiger partial charge in [0.05, 0.1) is 13.2 Å². The number of hydrogen-bond acceptors (Lipinski definition) is 3. The van der Waals surface area contributed by atoms with E-state index in [4.69, 9.17) is 4.74 Å². The van der Waals surface area contributed by atoms with E-state index in [1.54, 1.807) is 13.0 Å². The fraction of sp³-hybridized carbons (Fsp3) is 0.571. The summed E-state index contributed by atoms with van der Waals surface area (Å²) >= 11 is 0. The van der Waals surface area contributed by atoms with E-state index in [1.807, 2.05) is 12.1 Å². The van der Waals surface area contributed by atoms with E-state index >= 15 is 0 Å². The highest BCUT2D eigenvalue weighted by Crippen LogP contribution is 2.09. The number of morpholine rings is 1. The van der Waals surface area contributed by atoms with Crippen molar-refractivity contribution in [3.8, 4) is 0 Å². The molecule has 1 unspecified atom stereocenters. The average molecular weight is 252 g/mol. The van der Waals surface area contributed by atoms with Crippen LogP contribution in [0.3, 0.4) is 0 Å². The molecule has 1 fully saturated rings. The maximum Gasteiger partial charge on any atom is 0.126 e. The van der Waals surface area contributed by atoms with Gasteiger partial charge in [0.15, 0.2) is 0 Å². The zero-order valence-electron chi connectivity index (χ0n) is 10.8. The van der Waals surface area contributed by atoms with E-state index in [1.165, 1.54) is 5.56 Å². The molecular weight excluding hydrogens is 231 g/mol. The summed E-state index contributed by atoms with van der Waals surface area (Å²) in [5.74, 6) is -0.129. The first-order valence-electron chi connectivity index (χ1n) is 6.52. The molecule has 0 aliphatic carbocycles. The molecular formula is C14H21FN2O. The normalized spacial score (nSPS) is 20.0. The Kier molecular flexibility index (Phi) is 5.11. The van der Waals surface area contributed by atoms with Gasteiger partial charge in [-0.3, -0.25) is 0 Å². The van der Waals surface area contributed by atoms with Gasteiger partial charge in [0.25, 0.3) is 0 Å². The number of aryl methyl sites for hydroxylation is 1. The van der Waals surface area contributed by atoms with Crippen LogP contribution in [0.15, 0.2) is 18.2 Å². The van der Waals surface area contributed by atoms with E-state index in [9.17, 15) is 4.39 Å². The summed E-state index contributed by atoms with van der Waals surface area (Å²) < 4.78 is 18.5. The van der Waals surface area contributed by atoms with Gasteiger partial charge in [-0.1, -0.05) is 12.1 Å². The van der Waals surface area contributed by atoms with Gasteiger partial charge in [-0.15, -0.1) is 0 Å². The molecule has 0 bridgehead atoms. The molecule has 0 spiro atoms. The maximum absolute atomic E-state index is 13.1. The minimum Gasteiger partial charge on any atom is -0.378 e. The van der Waals surface area contributed by atoms with Crippen molar-refractivity contribution in [3.05, 3.63) is 35.1 Å². The second-order valence-electron chi connectivity index (χ2n) is 4.76. The summed E-state index contributed by atoms with van der Waals surface area (Å²) in [6, 6.07) is 5.72. The van der Waals surface area contributed by atoms with Crippen LogP contribution in [0, 0.1) is 12.7 Å². The van der Waals surface area contributed by atoms with Crippen molar-refractivity contribution < 1.29 is 9.13 Å². The molecule has 1 saturated heterocycles. The van der Waals surface area contributed by atoms with Crippen molar-refractivity contribution in [2.45, 2.75) is 19.4 Å². The average Bonchev–Trinajstić information content (AvgIpc) is 2.40. The van der Waals surface area contributed by atoms with Crippen LogP contribution < -0.4 is 10.6 Å². The fourth-order valence-electron chi connectivity index (χ4n) is 2.12. The molecule has 1 aliphatic rings. The van der Waals surface area contributed by atoms with E-state index in [-0.39, 0.29) is 5.82 Å². The number of rotatable bonds is 5. The van der Waals surface area contributed by atoms with Crippen LogP contribution >= 0.6 is 0 Å². The molecule has 3 nitrogen and oxygen atoms in total. The molecule has 1 aromatic carbocycles. The Morgan fingerprint density at radius 1 is 1.50 bits per heavy atom. The molecule has 0 amide bonds. The van der Waals surface area contributed by atoms with Gasteiger partial charge in [-0.05, 0) is 37.1 Å². The van der Waals surface area contributed by atoms with E-state index in [2.05, 4.69) is 10.6 Å². The summed E-state index contributed by atoms with van der Waals surface area (Å²) in [5, 5.41) is 6.80. The molecule has 1 atom stereocenters. The molecule has 0 radical (unpaired) electrons. The fourth-order valence-corrected chi connectivity index (χ4v) is 2.12. The molecule has 4 heteroatoms.